The normalized spacial score (nSPS) is 14.0. The molecule has 1 N–H and O–H groups in total. The molecule has 1 nitrogen and oxygen atoms in total. The Morgan fingerprint density at radius 3 is 1.33 bits per heavy atom. The second-order valence-electron chi connectivity index (χ2n) is 3.85. The van der Waals surface area contributed by atoms with E-state index < -0.39 is 15.8 Å². The third-order valence-corrected chi connectivity index (χ3v) is 6.90. The zero-order chi connectivity index (χ0) is 7.71. The van der Waals surface area contributed by atoms with Gasteiger partial charge in [0, 0.05) is 0 Å². The average molecular weight is 182 g/mol. The van der Waals surface area contributed by atoms with Crippen molar-refractivity contribution < 1.29 is 0 Å². The summed E-state index contributed by atoms with van der Waals surface area (Å²) in [6.07, 6.45) is 0. The van der Waals surface area contributed by atoms with E-state index in [1.165, 1.54) is 0 Å². The van der Waals surface area contributed by atoms with Crippen LogP contribution in [-0.4, -0.2) is 15.8 Å². The van der Waals surface area contributed by atoms with Gasteiger partial charge in [-0.25, -0.2) is 0 Å². The fraction of sp³-hybridized carbons (Fsp3) is 1.00. The minimum Gasteiger partial charge on any atom is -0.348 e. The van der Waals surface area contributed by atoms with Gasteiger partial charge in [0.25, 0.3) is 0 Å². The van der Waals surface area contributed by atoms with Crippen LogP contribution in [0.5, 0.6) is 0 Å². The van der Waals surface area contributed by atoms with Gasteiger partial charge >= 0.3 is 0 Å². The lowest BCUT2D eigenvalue weighted by atomic mass is 11.8. The molecule has 0 heterocycles. The van der Waals surface area contributed by atoms with Crippen LogP contribution in [0.25, 0.3) is 0 Å². The number of hydrogen-bond acceptors (Lipinski definition) is 1. The minimum atomic E-state index is -1.51. The summed E-state index contributed by atoms with van der Waals surface area (Å²) in [5.41, 5.74) is 0. The van der Waals surface area contributed by atoms with Crippen LogP contribution in [0.15, 0.2) is 0 Å². The fourth-order valence-corrected chi connectivity index (χ4v) is 10.6. The van der Waals surface area contributed by atoms with Gasteiger partial charge in [-0.1, -0.05) is 19.6 Å². The predicted molar refractivity (Wildman–Crippen MR) is 49.8 cm³/mol. The van der Waals surface area contributed by atoms with Crippen molar-refractivity contribution in [1.82, 2.24) is 4.65 Å². The third kappa shape index (κ3) is 8.68. The van der Waals surface area contributed by atoms with E-state index in [4.69, 9.17) is 11.1 Å². The van der Waals surface area contributed by atoms with Gasteiger partial charge in [0.05, 0.1) is 0 Å². The van der Waals surface area contributed by atoms with Crippen LogP contribution in [0.1, 0.15) is 0 Å². The average Bonchev–Trinajstić information content (AvgIpc) is 1.14. The molecule has 0 bridgehead atoms. The molecule has 0 radical (unpaired) electrons. The maximum Gasteiger partial charge on any atom is 0.214 e. The lowest BCUT2D eigenvalue weighted by Gasteiger charge is -2.26. The Labute approximate surface area is 64.7 Å². The maximum absolute atomic E-state index is 6.08. The van der Waals surface area contributed by atoms with Crippen molar-refractivity contribution >= 4 is 26.9 Å². The molecule has 0 fully saturated rings. The molecular formula is C5H16ClNSi2. The summed E-state index contributed by atoms with van der Waals surface area (Å²) in [5, 5.41) is 0. The molecule has 0 aromatic rings. The zero-order valence-electron chi connectivity index (χ0n) is 6.88. The van der Waals surface area contributed by atoms with E-state index in [1.54, 1.807) is 0 Å². The monoisotopic (exact) mass is 181 g/mol. The lowest BCUT2D eigenvalue weighted by Crippen LogP contribution is -2.54. The summed E-state index contributed by atoms with van der Waals surface area (Å²) in [6, 6.07) is 0. The minimum absolute atomic E-state index is 1.11. The summed E-state index contributed by atoms with van der Waals surface area (Å²) >= 11 is 6.08. The van der Waals surface area contributed by atoms with Crippen molar-refractivity contribution in [1.29, 1.82) is 0 Å². The molecule has 0 unspecified atom stereocenters. The van der Waals surface area contributed by atoms with Gasteiger partial charge in [-0.15, -0.1) is 11.1 Å². The second kappa shape index (κ2) is 2.74. The molecule has 0 aliphatic rings. The van der Waals surface area contributed by atoms with Crippen molar-refractivity contribution in [2.75, 3.05) is 0 Å². The van der Waals surface area contributed by atoms with Crippen LogP contribution >= 0.6 is 11.1 Å². The molecule has 0 rings (SSSR count). The van der Waals surface area contributed by atoms with Crippen molar-refractivity contribution in [3.05, 3.63) is 0 Å². The first-order chi connectivity index (χ1) is 3.71. The van der Waals surface area contributed by atoms with Gasteiger partial charge < -0.3 is 4.65 Å². The highest BCUT2D eigenvalue weighted by Crippen LogP contribution is 2.07. The first-order valence-electron chi connectivity index (χ1n) is 3.19. The molecule has 0 atom stereocenters. The van der Waals surface area contributed by atoms with Crippen LogP contribution in [0.3, 0.4) is 0 Å². The van der Waals surface area contributed by atoms with Gasteiger partial charge in [-0.2, -0.15) is 0 Å². The van der Waals surface area contributed by atoms with E-state index in [-0.39, 0.29) is 0 Å². The molecule has 0 amide bonds. The van der Waals surface area contributed by atoms with Gasteiger partial charge in [-0.05, 0) is 13.1 Å². The van der Waals surface area contributed by atoms with Crippen molar-refractivity contribution in [2.24, 2.45) is 0 Å². The molecule has 56 valence electrons. The molecule has 0 aromatic carbocycles. The van der Waals surface area contributed by atoms with Crippen LogP contribution < -0.4 is 4.65 Å². The Morgan fingerprint density at radius 1 is 1.00 bits per heavy atom. The summed E-state index contributed by atoms with van der Waals surface area (Å²) < 4.78 is 3.50. The van der Waals surface area contributed by atoms with Crippen LogP contribution in [0.4, 0.5) is 0 Å². The molecular weight excluding hydrogens is 166 g/mol. The summed E-state index contributed by atoms with van der Waals surface area (Å²) in [6.45, 7) is 11.0. The Balaban J connectivity index is 3.75. The highest BCUT2D eigenvalue weighted by Gasteiger charge is 2.24. The van der Waals surface area contributed by atoms with Gasteiger partial charge in [0.2, 0.25) is 7.55 Å². The highest BCUT2D eigenvalue weighted by atomic mass is 35.6. The van der Waals surface area contributed by atoms with Crippen molar-refractivity contribution in [2.45, 2.75) is 32.7 Å². The Morgan fingerprint density at radius 2 is 1.33 bits per heavy atom. The van der Waals surface area contributed by atoms with Crippen LogP contribution in [0, 0.1) is 0 Å². The Bertz CT molecular complexity index is 80.1. The number of halogens is 1. The summed E-state index contributed by atoms with van der Waals surface area (Å²) in [7, 11) is -2.62. The Kier molecular flexibility index (Phi) is 2.95. The SMILES string of the molecule is C[Si](C)(C)N[Si](C)(C)Cl. The molecule has 0 aliphatic carbocycles. The first-order valence-corrected chi connectivity index (χ1v) is 10.7. The number of rotatable bonds is 2. The number of hydrogen-bond donors (Lipinski definition) is 1. The predicted octanol–water partition coefficient (Wildman–Crippen LogP) is 2.35. The van der Waals surface area contributed by atoms with E-state index in [0.717, 1.165) is 0 Å². The lowest BCUT2D eigenvalue weighted by molar-refractivity contribution is 1.35. The summed E-state index contributed by atoms with van der Waals surface area (Å²) in [4.78, 5) is 0. The third-order valence-electron chi connectivity index (χ3n) is 0.672. The van der Waals surface area contributed by atoms with E-state index in [9.17, 15) is 0 Å². The topological polar surface area (TPSA) is 12.0 Å². The van der Waals surface area contributed by atoms with Crippen LogP contribution in [0.2, 0.25) is 32.7 Å². The molecule has 4 heteroatoms. The van der Waals surface area contributed by atoms with E-state index in [0.29, 0.717) is 0 Å². The zero-order valence-corrected chi connectivity index (χ0v) is 9.63. The molecule has 0 aromatic heterocycles. The van der Waals surface area contributed by atoms with E-state index in [1.807, 2.05) is 0 Å². The smallest absolute Gasteiger partial charge is 0.214 e. The molecule has 0 saturated heterocycles. The largest absolute Gasteiger partial charge is 0.348 e. The van der Waals surface area contributed by atoms with Crippen LogP contribution in [-0.2, 0) is 0 Å². The highest BCUT2D eigenvalue weighted by molar-refractivity contribution is 7.21. The van der Waals surface area contributed by atoms with Crippen molar-refractivity contribution in [3.63, 3.8) is 0 Å². The quantitative estimate of drug-likeness (QED) is 0.510. The molecule has 9 heavy (non-hydrogen) atoms. The van der Waals surface area contributed by atoms with Gasteiger partial charge in [0.15, 0.2) is 0 Å². The van der Waals surface area contributed by atoms with E-state index in [2.05, 4.69) is 37.4 Å². The summed E-state index contributed by atoms with van der Waals surface area (Å²) in [5.74, 6) is 0. The van der Waals surface area contributed by atoms with Gasteiger partial charge in [0.1, 0.15) is 8.24 Å². The standard InChI is InChI=1S/C5H16ClNSi2/c1-8(2,3)7-9(4,5)6/h7H,1-5H3. The number of nitrogens with one attached hydrogen (secondary N) is 1. The first kappa shape index (κ1) is 9.68. The molecule has 0 spiro atoms. The molecule has 0 aliphatic heterocycles. The van der Waals surface area contributed by atoms with E-state index >= 15 is 0 Å². The Hall–Kier alpha value is 0.684. The fourth-order valence-electron chi connectivity index (χ4n) is 0.892. The maximum atomic E-state index is 6.08. The van der Waals surface area contributed by atoms with Crippen molar-refractivity contribution in [3.8, 4) is 0 Å². The molecule has 0 saturated carbocycles. The second-order valence-corrected chi connectivity index (χ2v) is 15.1. The van der Waals surface area contributed by atoms with Gasteiger partial charge in [-0.3, -0.25) is 0 Å².